The minimum absolute atomic E-state index is 0.265. The van der Waals surface area contributed by atoms with Gasteiger partial charge >= 0.3 is 0 Å². The largest absolute Gasteiger partial charge is 0.342 e. The van der Waals surface area contributed by atoms with Gasteiger partial charge in [-0.05, 0) is 37.9 Å². The SMILES string of the molecule is CCN1CC2(CCC1=O)CCN(C(=O)CSC)CC2. The number of carbonyl (C=O) groups excluding carboxylic acids is 2. The smallest absolute Gasteiger partial charge is 0.232 e. The van der Waals surface area contributed by atoms with E-state index < -0.39 is 0 Å². The Morgan fingerprint density at radius 3 is 2.58 bits per heavy atom. The third-order valence-electron chi connectivity index (χ3n) is 4.57. The van der Waals surface area contributed by atoms with E-state index in [0.717, 1.165) is 45.4 Å². The van der Waals surface area contributed by atoms with Gasteiger partial charge in [0.2, 0.25) is 11.8 Å². The first-order valence-corrected chi connectivity index (χ1v) is 8.54. The van der Waals surface area contributed by atoms with Crippen LogP contribution in [0.3, 0.4) is 0 Å². The Kier molecular flexibility index (Phi) is 4.76. The summed E-state index contributed by atoms with van der Waals surface area (Å²) in [5, 5.41) is 0. The van der Waals surface area contributed by atoms with Crippen molar-refractivity contribution in [3.8, 4) is 0 Å². The summed E-state index contributed by atoms with van der Waals surface area (Å²) in [4.78, 5) is 27.6. The van der Waals surface area contributed by atoms with Gasteiger partial charge in [0.25, 0.3) is 0 Å². The Balaban J connectivity index is 1.91. The van der Waals surface area contributed by atoms with Crippen molar-refractivity contribution in [2.75, 3.05) is 38.2 Å². The zero-order chi connectivity index (χ0) is 13.9. The van der Waals surface area contributed by atoms with Crippen molar-refractivity contribution >= 4 is 23.6 Å². The zero-order valence-corrected chi connectivity index (χ0v) is 12.8. The maximum Gasteiger partial charge on any atom is 0.232 e. The molecule has 0 radical (unpaired) electrons. The number of likely N-dealkylation sites (tertiary alicyclic amines) is 2. The third-order valence-corrected chi connectivity index (χ3v) is 5.11. The molecule has 108 valence electrons. The van der Waals surface area contributed by atoms with Gasteiger partial charge in [-0.2, -0.15) is 11.8 Å². The molecule has 0 aromatic carbocycles. The van der Waals surface area contributed by atoms with E-state index in [1.165, 1.54) is 0 Å². The Bertz CT molecular complexity index is 351. The highest BCUT2D eigenvalue weighted by Crippen LogP contribution is 2.40. The highest BCUT2D eigenvalue weighted by molar-refractivity contribution is 7.99. The van der Waals surface area contributed by atoms with Crippen LogP contribution in [0.4, 0.5) is 0 Å². The summed E-state index contributed by atoms with van der Waals surface area (Å²) in [6, 6.07) is 0. The lowest BCUT2D eigenvalue weighted by Gasteiger charge is -2.47. The molecule has 0 aliphatic carbocycles. The first-order valence-electron chi connectivity index (χ1n) is 7.15. The molecule has 0 unspecified atom stereocenters. The Morgan fingerprint density at radius 1 is 1.32 bits per heavy atom. The molecular formula is C14H24N2O2S. The zero-order valence-electron chi connectivity index (χ0n) is 12.0. The van der Waals surface area contributed by atoms with Crippen molar-refractivity contribution < 1.29 is 9.59 Å². The molecule has 2 aliphatic heterocycles. The number of piperidine rings is 2. The molecule has 5 heteroatoms. The van der Waals surface area contributed by atoms with E-state index in [9.17, 15) is 9.59 Å². The van der Waals surface area contributed by atoms with Gasteiger partial charge in [-0.3, -0.25) is 9.59 Å². The fraction of sp³-hybridized carbons (Fsp3) is 0.857. The lowest BCUT2D eigenvalue weighted by atomic mass is 9.72. The van der Waals surface area contributed by atoms with Crippen molar-refractivity contribution in [1.29, 1.82) is 0 Å². The number of thioether (sulfide) groups is 1. The van der Waals surface area contributed by atoms with Gasteiger partial charge in [0, 0.05) is 32.6 Å². The van der Waals surface area contributed by atoms with E-state index in [0.29, 0.717) is 18.1 Å². The van der Waals surface area contributed by atoms with E-state index in [1.54, 1.807) is 11.8 Å². The number of hydrogen-bond acceptors (Lipinski definition) is 3. The van der Waals surface area contributed by atoms with Crippen molar-refractivity contribution in [3.63, 3.8) is 0 Å². The van der Waals surface area contributed by atoms with Crippen LogP contribution < -0.4 is 0 Å². The maximum absolute atomic E-state index is 11.9. The Morgan fingerprint density at radius 2 is 2.00 bits per heavy atom. The number of nitrogens with zero attached hydrogens (tertiary/aromatic N) is 2. The molecule has 0 aromatic heterocycles. The molecule has 2 aliphatic rings. The average Bonchev–Trinajstić information content (AvgIpc) is 2.43. The molecule has 1 spiro atoms. The third kappa shape index (κ3) is 3.25. The summed E-state index contributed by atoms with van der Waals surface area (Å²) in [6.45, 7) is 5.49. The molecule has 0 atom stereocenters. The second-order valence-electron chi connectivity index (χ2n) is 5.72. The van der Waals surface area contributed by atoms with E-state index in [4.69, 9.17) is 0 Å². The van der Waals surface area contributed by atoms with Crippen LogP contribution in [0.2, 0.25) is 0 Å². The second kappa shape index (κ2) is 6.16. The first-order chi connectivity index (χ1) is 9.10. The first kappa shape index (κ1) is 14.7. The van der Waals surface area contributed by atoms with Crippen LogP contribution in [-0.4, -0.2) is 59.8 Å². The van der Waals surface area contributed by atoms with Gasteiger partial charge in [-0.1, -0.05) is 0 Å². The molecule has 0 bridgehead atoms. The molecule has 2 amide bonds. The number of hydrogen-bond donors (Lipinski definition) is 0. The maximum atomic E-state index is 11.9. The van der Waals surface area contributed by atoms with Crippen molar-refractivity contribution in [1.82, 2.24) is 9.80 Å². The van der Waals surface area contributed by atoms with Gasteiger partial charge in [0.15, 0.2) is 0 Å². The predicted octanol–water partition coefficient (Wildman–Crippen LogP) is 1.60. The van der Waals surface area contributed by atoms with Gasteiger partial charge in [0.05, 0.1) is 5.75 Å². The molecule has 0 N–H and O–H groups in total. The summed E-state index contributed by atoms with van der Waals surface area (Å²) < 4.78 is 0. The fourth-order valence-electron chi connectivity index (χ4n) is 3.24. The summed E-state index contributed by atoms with van der Waals surface area (Å²) in [6.07, 6.45) is 5.77. The molecular weight excluding hydrogens is 260 g/mol. The van der Waals surface area contributed by atoms with E-state index >= 15 is 0 Å². The second-order valence-corrected chi connectivity index (χ2v) is 6.59. The Labute approximate surface area is 119 Å². The summed E-state index contributed by atoms with van der Waals surface area (Å²) in [5.41, 5.74) is 0.278. The van der Waals surface area contributed by atoms with Crippen molar-refractivity contribution in [2.24, 2.45) is 5.41 Å². The standard InChI is InChI=1S/C14H24N2O2S/c1-3-15-11-14(5-4-12(15)17)6-8-16(9-7-14)13(18)10-19-2/h3-11H2,1-2H3. The molecule has 2 fully saturated rings. The molecule has 2 saturated heterocycles. The molecule has 4 nitrogen and oxygen atoms in total. The van der Waals surface area contributed by atoms with Gasteiger partial charge in [-0.25, -0.2) is 0 Å². The van der Waals surface area contributed by atoms with Crippen LogP contribution in [-0.2, 0) is 9.59 Å². The van der Waals surface area contributed by atoms with Gasteiger partial charge < -0.3 is 9.80 Å². The summed E-state index contributed by atoms with van der Waals surface area (Å²) in [5.74, 6) is 1.16. The molecule has 2 rings (SSSR count). The van der Waals surface area contributed by atoms with E-state index in [-0.39, 0.29) is 11.3 Å². The fourth-order valence-corrected chi connectivity index (χ4v) is 3.67. The van der Waals surface area contributed by atoms with Crippen LogP contribution in [0.25, 0.3) is 0 Å². The highest BCUT2D eigenvalue weighted by atomic mass is 32.2. The van der Waals surface area contributed by atoms with Crippen LogP contribution >= 0.6 is 11.8 Å². The minimum atomic E-state index is 0.265. The topological polar surface area (TPSA) is 40.6 Å². The van der Waals surface area contributed by atoms with E-state index in [1.807, 2.05) is 23.0 Å². The van der Waals surface area contributed by atoms with Crippen LogP contribution in [0, 0.1) is 5.41 Å². The van der Waals surface area contributed by atoms with Crippen molar-refractivity contribution in [3.05, 3.63) is 0 Å². The summed E-state index contributed by atoms with van der Waals surface area (Å²) in [7, 11) is 0. The van der Waals surface area contributed by atoms with E-state index in [2.05, 4.69) is 0 Å². The normalized spacial score (nSPS) is 22.9. The number of rotatable bonds is 3. The quantitative estimate of drug-likeness (QED) is 0.790. The summed E-state index contributed by atoms with van der Waals surface area (Å²) >= 11 is 1.59. The van der Waals surface area contributed by atoms with Crippen LogP contribution in [0.1, 0.15) is 32.6 Å². The lowest BCUT2D eigenvalue weighted by Crippen LogP contribution is -2.52. The highest BCUT2D eigenvalue weighted by Gasteiger charge is 2.41. The van der Waals surface area contributed by atoms with Crippen LogP contribution in [0.5, 0.6) is 0 Å². The number of amides is 2. The molecule has 19 heavy (non-hydrogen) atoms. The predicted molar refractivity (Wildman–Crippen MR) is 78.1 cm³/mol. The monoisotopic (exact) mass is 284 g/mol. The van der Waals surface area contributed by atoms with Crippen molar-refractivity contribution in [2.45, 2.75) is 32.6 Å². The molecule has 0 aromatic rings. The molecule has 0 saturated carbocycles. The minimum Gasteiger partial charge on any atom is -0.342 e. The lowest BCUT2D eigenvalue weighted by molar-refractivity contribution is -0.141. The number of carbonyl (C=O) groups is 2. The average molecular weight is 284 g/mol. The van der Waals surface area contributed by atoms with Gasteiger partial charge in [-0.15, -0.1) is 0 Å². The van der Waals surface area contributed by atoms with Gasteiger partial charge in [0.1, 0.15) is 0 Å². The molecule has 2 heterocycles. The Hall–Kier alpha value is -0.710. The van der Waals surface area contributed by atoms with Crippen LogP contribution in [0.15, 0.2) is 0 Å².